The van der Waals surface area contributed by atoms with Gasteiger partial charge in [0.2, 0.25) is 0 Å². The molecule has 0 fully saturated rings. The first-order chi connectivity index (χ1) is 9.47. The van der Waals surface area contributed by atoms with Gasteiger partial charge in [0, 0.05) is 23.4 Å². The first kappa shape index (κ1) is 14.7. The number of halogens is 3. The van der Waals surface area contributed by atoms with Crippen molar-refractivity contribution in [2.45, 2.75) is 19.8 Å². The predicted molar refractivity (Wildman–Crippen MR) is 75.0 cm³/mol. The van der Waals surface area contributed by atoms with Crippen molar-refractivity contribution in [3.63, 3.8) is 0 Å². The maximum Gasteiger partial charge on any atom is 0.141 e. The fraction of sp³-hybridized carbons (Fsp3) is 0.188. The van der Waals surface area contributed by atoms with Crippen LogP contribution in [0.3, 0.4) is 0 Å². The van der Waals surface area contributed by atoms with Crippen LogP contribution in [0, 0.1) is 18.6 Å². The third-order valence-electron chi connectivity index (χ3n) is 3.13. The van der Waals surface area contributed by atoms with Crippen LogP contribution in [0.15, 0.2) is 36.4 Å². The lowest BCUT2D eigenvalue weighted by molar-refractivity contribution is -0.117. The minimum atomic E-state index is -0.485. The van der Waals surface area contributed by atoms with Crippen molar-refractivity contribution in [1.82, 2.24) is 0 Å². The zero-order chi connectivity index (χ0) is 14.7. The molecule has 2 aromatic carbocycles. The molecule has 0 radical (unpaired) electrons. The summed E-state index contributed by atoms with van der Waals surface area (Å²) in [5.74, 6) is -0.982. The first-order valence-corrected chi connectivity index (χ1v) is 6.55. The summed E-state index contributed by atoms with van der Waals surface area (Å²) in [4.78, 5) is 12.0. The van der Waals surface area contributed by atoms with Crippen LogP contribution in [0.4, 0.5) is 8.78 Å². The molecule has 0 aromatic heterocycles. The molecule has 0 heterocycles. The summed E-state index contributed by atoms with van der Waals surface area (Å²) in [5, 5.41) is 0.245. The molecular formula is C16H13ClF2O. The van der Waals surface area contributed by atoms with E-state index in [0.717, 1.165) is 5.56 Å². The Labute approximate surface area is 121 Å². The molecular weight excluding hydrogens is 282 g/mol. The molecule has 0 N–H and O–H groups in total. The number of ketones is 1. The fourth-order valence-electron chi connectivity index (χ4n) is 2.03. The molecule has 0 amide bonds. The molecule has 0 aliphatic carbocycles. The number of Topliss-reactive ketones (excluding diaryl/α,β-unsaturated/α-hetero) is 1. The Balaban J connectivity index is 2.13. The molecule has 0 unspecified atom stereocenters. The number of rotatable bonds is 4. The molecule has 2 aromatic rings. The molecule has 0 bridgehead atoms. The van der Waals surface area contributed by atoms with Gasteiger partial charge in [-0.2, -0.15) is 0 Å². The molecule has 1 nitrogen and oxygen atoms in total. The summed E-state index contributed by atoms with van der Waals surface area (Å²) in [7, 11) is 0. The summed E-state index contributed by atoms with van der Waals surface area (Å²) in [6, 6.07) is 8.58. The average Bonchev–Trinajstić information content (AvgIpc) is 2.37. The van der Waals surface area contributed by atoms with E-state index >= 15 is 0 Å². The molecule has 0 atom stereocenters. The van der Waals surface area contributed by atoms with Crippen molar-refractivity contribution in [1.29, 1.82) is 0 Å². The van der Waals surface area contributed by atoms with E-state index in [0.29, 0.717) is 5.56 Å². The van der Waals surface area contributed by atoms with Gasteiger partial charge in [-0.05, 0) is 42.3 Å². The predicted octanol–water partition coefficient (Wildman–Crippen LogP) is 4.28. The van der Waals surface area contributed by atoms with Crippen LogP contribution in [-0.2, 0) is 17.6 Å². The highest BCUT2D eigenvalue weighted by atomic mass is 35.5. The number of hydrogen-bond acceptors (Lipinski definition) is 1. The van der Waals surface area contributed by atoms with Crippen molar-refractivity contribution < 1.29 is 13.6 Å². The normalized spacial score (nSPS) is 10.6. The highest BCUT2D eigenvalue weighted by Crippen LogP contribution is 2.20. The second-order valence-corrected chi connectivity index (χ2v) is 5.07. The second kappa shape index (κ2) is 6.14. The number of aryl methyl sites for hydroxylation is 1. The molecule has 104 valence electrons. The van der Waals surface area contributed by atoms with Crippen LogP contribution in [0.1, 0.15) is 16.7 Å². The van der Waals surface area contributed by atoms with E-state index < -0.39 is 5.82 Å². The highest BCUT2D eigenvalue weighted by molar-refractivity contribution is 6.31. The van der Waals surface area contributed by atoms with Gasteiger partial charge in [-0.3, -0.25) is 4.79 Å². The second-order valence-electron chi connectivity index (χ2n) is 4.66. The average molecular weight is 295 g/mol. The molecule has 0 saturated heterocycles. The number of hydrogen-bond donors (Lipinski definition) is 0. The van der Waals surface area contributed by atoms with Gasteiger partial charge in [0.1, 0.15) is 17.4 Å². The van der Waals surface area contributed by atoms with E-state index in [1.54, 1.807) is 19.1 Å². The number of benzene rings is 2. The topological polar surface area (TPSA) is 17.1 Å². The van der Waals surface area contributed by atoms with E-state index in [1.165, 1.54) is 24.3 Å². The molecule has 0 aliphatic rings. The molecule has 0 aliphatic heterocycles. The Morgan fingerprint density at radius 1 is 1.15 bits per heavy atom. The van der Waals surface area contributed by atoms with E-state index in [4.69, 9.17) is 11.6 Å². The quantitative estimate of drug-likeness (QED) is 0.822. The summed E-state index contributed by atoms with van der Waals surface area (Å²) < 4.78 is 26.6. The van der Waals surface area contributed by atoms with Gasteiger partial charge in [-0.25, -0.2) is 8.78 Å². The Hall–Kier alpha value is -1.74. The van der Waals surface area contributed by atoms with Crippen molar-refractivity contribution in [3.05, 3.63) is 69.7 Å². The first-order valence-electron chi connectivity index (χ1n) is 6.17. The largest absolute Gasteiger partial charge is 0.299 e. The standard InChI is InChI=1S/C16H13ClF2O/c1-10-7-12(18)6-5-11(10)8-13(20)9-14-15(17)3-2-4-16(14)19/h2-7H,8-9H2,1H3. The molecule has 4 heteroatoms. The molecule has 20 heavy (non-hydrogen) atoms. The van der Waals surface area contributed by atoms with Crippen LogP contribution in [0.5, 0.6) is 0 Å². The van der Waals surface area contributed by atoms with Crippen LogP contribution in [0.2, 0.25) is 5.02 Å². The smallest absolute Gasteiger partial charge is 0.141 e. The van der Waals surface area contributed by atoms with Gasteiger partial charge in [-0.15, -0.1) is 0 Å². The maximum absolute atomic E-state index is 13.6. The summed E-state index contributed by atoms with van der Waals surface area (Å²) in [6.07, 6.45) is 0.0686. The van der Waals surface area contributed by atoms with Crippen molar-refractivity contribution in [3.8, 4) is 0 Å². The third kappa shape index (κ3) is 3.42. The van der Waals surface area contributed by atoms with Crippen molar-refractivity contribution in [2.24, 2.45) is 0 Å². The van der Waals surface area contributed by atoms with Gasteiger partial charge in [-0.1, -0.05) is 23.7 Å². The van der Waals surface area contributed by atoms with Gasteiger partial charge in [0.15, 0.2) is 0 Å². The zero-order valence-electron chi connectivity index (χ0n) is 10.9. The lowest BCUT2D eigenvalue weighted by Gasteiger charge is -2.07. The van der Waals surface area contributed by atoms with E-state index in [2.05, 4.69) is 0 Å². The minimum Gasteiger partial charge on any atom is -0.299 e. The number of carbonyl (C=O) groups excluding carboxylic acids is 1. The Bertz CT molecular complexity index is 633. The molecule has 0 spiro atoms. The Morgan fingerprint density at radius 3 is 2.55 bits per heavy atom. The fourth-order valence-corrected chi connectivity index (χ4v) is 2.26. The maximum atomic E-state index is 13.6. The Morgan fingerprint density at radius 2 is 1.90 bits per heavy atom. The van der Waals surface area contributed by atoms with Crippen LogP contribution in [-0.4, -0.2) is 5.78 Å². The summed E-state index contributed by atoms with van der Waals surface area (Å²) in [5.41, 5.74) is 1.65. The monoisotopic (exact) mass is 294 g/mol. The lowest BCUT2D eigenvalue weighted by atomic mass is 9.99. The SMILES string of the molecule is Cc1cc(F)ccc1CC(=O)Cc1c(F)cccc1Cl. The lowest BCUT2D eigenvalue weighted by Crippen LogP contribution is -2.09. The number of carbonyl (C=O) groups is 1. The summed E-state index contributed by atoms with van der Waals surface area (Å²) >= 11 is 5.89. The molecule has 0 saturated carbocycles. The van der Waals surface area contributed by atoms with Crippen LogP contribution in [0.25, 0.3) is 0 Å². The third-order valence-corrected chi connectivity index (χ3v) is 3.48. The van der Waals surface area contributed by atoms with E-state index in [9.17, 15) is 13.6 Å². The van der Waals surface area contributed by atoms with Gasteiger partial charge < -0.3 is 0 Å². The van der Waals surface area contributed by atoms with Crippen molar-refractivity contribution >= 4 is 17.4 Å². The summed E-state index contributed by atoms with van der Waals surface area (Å²) in [6.45, 7) is 1.74. The zero-order valence-corrected chi connectivity index (χ0v) is 11.7. The minimum absolute atomic E-state index is 0.0671. The van der Waals surface area contributed by atoms with Gasteiger partial charge in [0.25, 0.3) is 0 Å². The Kier molecular flexibility index (Phi) is 4.50. The van der Waals surface area contributed by atoms with Crippen LogP contribution < -0.4 is 0 Å². The highest BCUT2D eigenvalue weighted by Gasteiger charge is 2.13. The van der Waals surface area contributed by atoms with Gasteiger partial charge >= 0.3 is 0 Å². The van der Waals surface area contributed by atoms with E-state index in [1.807, 2.05) is 0 Å². The van der Waals surface area contributed by atoms with Gasteiger partial charge in [0.05, 0.1) is 0 Å². The van der Waals surface area contributed by atoms with Crippen LogP contribution >= 0.6 is 11.6 Å². The molecule has 2 rings (SSSR count). The van der Waals surface area contributed by atoms with E-state index in [-0.39, 0.29) is 35.0 Å². The van der Waals surface area contributed by atoms with Crippen molar-refractivity contribution in [2.75, 3.05) is 0 Å².